The predicted octanol–water partition coefficient (Wildman–Crippen LogP) is 4.64. The van der Waals surface area contributed by atoms with Crippen LogP contribution in [0.15, 0.2) is 79.0 Å². The molecule has 1 aliphatic rings. The molecule has 0 saturated heterocycles. The summed E-state index contributed by atoms with van der Waals surface area (Å²) in [6, 6.07) is 23.7. The summed E-state index contributed by atoms with van der Waals surface area (Å²) in [6.45, 7) is 1.17. The molecule has 5 aromatic rings. The number of fused-ring (bicyclic) bond motifs is 2. The third-order valence-electron chi connectivity index (χ3n) is 7.00. The normalized spacial score (nSPS) is 14.6. The number of ether oxygens (including phenoxy) is 1. The highest BCUT2D eigenvalue weighted by Crippen LogP contribution is 2.33. The molecule has 3 heterocycles. The molecule has 3 N–H and O–H groups in total. The van der Waals surface area contributed by atoms with Gasteiger partial charge < -0.3 is 20.4 Å². The number of nitrogen functional groups attached to an aromatic ring is 1. The summed E-state index contributed by atoms with van der Waals surface area (Å²) in [5.41, 5.74) is 12.1. The van der Waals surface area contributed by atoms with E-state index < -0.39 is 0 Å². The lowest BCUT2D eigenvalue weighted by Gasteiger charge is -2.25. The van der Waals surface area contributed by atoms with Crippen LogP contribution in [0.25, 0.3) is 22.3 Å². The second-order valence-corrected chi connectivity index (χ2v) is 9.65. The Morgan fingerprint density at radius 1 is 1.08 bits per heavy atom. The van der Waals surface area contributed by atoms with E-state index in [1.807, 2.05) is 67.7 Å². The summed E-state index contributed by atoms with van der Waals surface area (Å²) in [7, 11) is 1.85. The highest BCUT2D eigenvalue weighted by atomic mass is 16.5. The first-order valence-electron chi connectivity index (χ1n) is 12.7. The number of aromatic nitrogens is 4. The standard InChI is InChI=1S/C30H28N6O2/c1-36(14-12-19-5-3-2-4-6-19)29(37)21-8-10-27-22(15-21)16-23(18-38-27)28-33-25-9-7-20(17-26(25)34-28)24-11-13-32-30(31)35-24/h2-11,13,15,17,23H,12,14,16,18H2,1H3,(H,33,34)(H2,31,32,35). The van der Waals surface area contributed by atoms with Crippen molar-refractivity contribution in [3.8, 4) is 17.0 Å². The van der Waals surface area contributed by atoms with Gasteiger partial charge in [-0.2, -0.15) is 0 Å². The fraction of sp³-hybridized carbons (Fsp3) is 0.200. The highest BCUT2D eigenvalue weighted by Gasteiger charge is 2.25. The lowest BCUT2D eigenvalue weighted by molar-refractivity contribution is 0.0796. The molecule has 1 unspecified atom stereocenters. The number of nitrogens with zero attached hydrogens (tertiary/aromatic N) is 4. The van der Waals surface area contributed by atoms with E-state index in [2.05, 4.69) is 27.1 Å². The van der Waals surface area contributed by atoms with Crippen LogP contribution in [0.4, 0.5) is 5.95 Å². The molecule has 0 saturated carbocycles. The summed E-state index contributed by atoms with van der Waals surface area (Å²) in [4.78, 5) is 31.5. The number of rotatable bonds is 6. The van der Waals surface area contributed by atoms with Gasteiger partial charge in [0.1, 0.15) is 11.6 Å². The van der Waals surface area contributed by atoms with Gasteiger partial charge in [-0.15, -0.1) is 0 Å². The maximum atomic E-state index is 13.1. The van der Waals surface area contributed by atoms with Gasteiger partial charge in [0.15, 0.2) is 0 Å². The number of H-pyrrole nitrogens is 1. The van der Waals surface area contributed by atoms with Crippen LogP contribution < -0.4 is 10.5 Å². The molecule has 0 bridgehead atoms. The Morgan fingerprint density at radius 3 is 2.79 bits per heavy atom. The molecular weight excluding hydrogens is 476 g/mol. The summed E-state index contributed by atoms with van der Waals surface area (Å²) in [6.07, 6.45) is 3.20. The molecule has 1 aliphatic heterocycles. The molecule has 38 heavy (non-hydrogen) atoms. The number of imidazole rings is 1. The van der Waals surface area contributed by atoms with Gasteiger partial charge in [-0.1, -0.05) is 36.4 Å². The highest BCUT2D eigenvalue weighted by molar-refractivity contribution is 5.94. The fourth-order valence-corrected chi connectivity index (χ4v) is 4.88. The number of benzene rings is 3. The Balaban J connectivity index is 1.18. The van der Waals surface area contributed by atoms with Crippen LogP contribution in [0, 0.1) is 0 Å². The Morgan fingerprint density at radius 2 is 1.95 bits per heavy atom. The van der Waals surface area contributed by atoms with Crippen LogP contribution in [0.1, 0.15) is 33.2 Å². The number of anilines is 1. The third-order valence-corrected chi connectivity index (χ3v) is 7.00. The van der Waals surface area contributed by atoms with E-state index in [9.17, 15) is 4.79 Å². The van der Waals surface area contributed by atoms with Gasteiger partial charge >= 0.3 is 0 Å². The molecule has 2 aromatic heterocycles. The van der Waals surface area contributed by atoms with Crippen molar-refractivity contribution in [1.82, 2.24) is 24.8 Å². The topological polar surface area (TPSA) is 110 Å². The Bertz CT molecular complexity index is 1610. The van der Waals surface area contributed by atoms with Gasteiger partial charge in [-0.05, 0) is 60.4 Å². The van der Waals surface area contributed by atoms with E-state index in [0.717, 1.165) is 52.3 Å². The second kappa shape index (κ2) is 9.97. The van der Waals surface area contributed by atoms with E-state index in [1.165, 1.54) is 5.56 Å². The molecular formula is C30H28N6O2. The molecule has 6 rings (SSSR count). The Hall–Kier alpha value is -4.72. The zero-order valence-electron chi connectivity index (χ0n) is 21.1. The van der Waals surface area contributed by atoms with Gasteiger partial charge in [0.2, 0.25) is 5.95 Å². The molecule has 3 aromatic carbocycles. The van der Waals surface area contributed by atoms with Crippen LogP contribution in [-0.2, 0) is 12.8 Å². The first-order valence-corrected chi connectivity index (χ1v) is 12.7. The molecule has 1 atom stereocenters. The number of hydrogen-bond donors (Lipinski definition) is 2. The van der Waals surface area contributed by atoms with Crippen LogP contribution in [0.5, 0.6) is 5.75 Å². The van der Waals surface area contributed by atoms with Crippen LogP contribution >= 0.6 is 0 Å². The van der Waals surface area contributed by atoms with Crippen LogP contribution in [-0.4, -0.2) is 50.9 Å². The van der Waals surface area contributed by atoms with Crippen molar-refractivity contribution in [2.75, 3.05) is 25.9 Å². The zero-order chi connectivity index (χ0) is 26.1. The van der Waals surface area contributed by atoms with E-state index >= 15 is 0 Å². The minimum absolute atomic E-state index is 0.00693. The Labute approximate surface area is 220 Å². The van der Waals surface area contributed by atoms with E-state index in [4.69, 9.17) is 15.5 Å². The monoisotopic (exact) mass is 504 g/mol. The van der Waals surface area contributed by atoms with Crippen molar-refractivity contribution in [3.63, 3.8) is 0 Å². The quantitative estimate of drug-likeness (QED) is 0.349. The van der Waals surface area contributed by atoms with E-state index in [-0.39, 0.29) is 17.8 Å². The zero-order valence-corrected chi connectivity index (χ0v) is 21.1. The first kappa shape index (κ1) is 23.7. The maximum Gasteiger partial charge on any atom is 0.253 e. The molecule has 8 heteroatoms. The Kier molecular flexibility index (Phi) is 6.21. The molecule has 0 aliphatic carbocycles. The second-order valence-electron chi connectivity index (χ2n) is 9.65. The summed E-state index contributed by atoms with van der Waals surface area (Å²) in [5, 5.41) is 0. The number of aromatic amines is 1. The minimum atomic E-state index is 0.00693. The number of nitrogens with two attached hydrogens (primary N) is 1. The van der Waals surface area contributed by atoms with Crippen LogP contribution in [0.3, 0.4) is 0 Å². The number of likely N-dealkylation sites (N-methyl/N-ethyl adjacent to an activating group) is 1. The molecule has 0 radical (unpaired) electrons. The summed E-state index contributed by atoms with van der Waals surface area (Å²) >= 11 is 0. The van der Waals surface area contributed by atoms with E-state index in [1.54, 1.807) is 11.1 Å². The fourth-order valence-electron chi connectivity index (χ4n) is 4.88. The molecule has 190 valence electrons. The smallest absolute Gasteiger partial charge is 0.253 e. The molecule has 8 nitrogen and oxygen atoms in total. The number of hydrogen-bond acceptors (Lipinski definition) is 6. The lowest BCUT2D eigenvalue weighted by atomic mass is 9.94. The van der Waals surface area contributed by atoms with Crippen molar-refractivity contribution < 1.29 is 9.53 Å². The molecule has 0 spiro atoms. The average Bonchev–Trinajstić information content (AvgIpc) is 3.39. The van der Waals surface area contributed by atoms with Gasteiger partial charge in [0.25, 0.3) is 5.91 Å². The lowest BCUT2D eigenvalue weighted by Crippen LogP contribution is -2.29. The number of carbonyl (C=O) groups is 1. The van der Waals surface area contributed by atoms with Crippen molar-refractivity contribution in [1.29, 1.82) is 0 Å². The summed E-state index contributed by atoms with van der Waals surface area (Å²) in [5.74, 6) is 1.98. The first-order chi connectivity index (χ1) is 18.5. The SMILES string of the molecule is CN(CCc1ccccc1)C(=O)c1ccc2c(c1)CC(c1nc3cc(-c4ccnc(N)n4)ccc3[nH]1)CO2. The van der Waals surface area contributed by atoms with Gasteiger partial charge in [0.05, 0.1) is 29.3 Å². The third kappa shape index (κ3) is 4.80. The van der Waals surface area contributed by atoms with Crippen molar-refractivity contribution in [3.05, 3.63) is 102 Å². The summed E-state index contributed by atoms with van der Waals surface area (Å²) < 4.78 is 6.08. The number of carbonyl (C=O) groups excluding carboxylic acids is 1. The molecule has 0 fully saturated rings. The predicted molar refractivity (Wildman–Crippen MR) is 147 cm³/mol. The van der Waals surface area contributed by atoms with Crippen molar-refractivity contribution >= 4 is 22.9 Å². The largest absolute Gasteiger partial charge is 0.493 e. The number of amides is 1. The molecule has 1 amide bonds. The number of nitrogens with one attached hydrogen (secondary N) is 1. The minimum Gasteiger partial charge on any atom is -0.493 e. The van der Waals surface area contributed by atoms with Crippen molar-refractivity contribution in [2.45, 2.75) is 18.8 Å². The van der Waals surface area contributed by atoms with Gasteiger partial charge in [-0.3, -0.25) is 4.79 Å². The maximum absolute atomic E-state index is 13.1. The average molecular weight is 505 g/mol. The van der Waals surface area contributed by atoms with Crippen molar-refractivity contribution in [2.24, 2.45) is 0 Å². The van der Waals surface area contributed by atoms with Crippen LogP contribution in [0.2, 0.25) is 0 Å². The van der Waals surface area contributed by atoms with Gasteiger partial charge in [0, 0.05) is 30.9 Å². The van der Waals surface area contributed by atoms with Gasteiger partial charge in [-0.25, -0.2) is 15.0 Å². The van der Waals surface area contributed by atoms with E-state index in [0.29, 0.717) is 18.7 Å².